The maximum Gasteiger partial charge on any atom is 0.209 e. The third kappa shape index (κ3) is 4.40. The number of rotatable bonds is 5. The van der Waals surface area contributed by atoms with Gasteiger partial charge in [-0.3, -0.25) is 0 Å². The van der Waals surface area contributed by atoms with Gasteiger partial charge in [-0.2, -0.15) is 0 Å². The Hall–Kier alpha value is -0.860. The lowest BCUT2D eigenvalue weighted by molar-refractivity contribution is 0.596. The van der Waals surface area contributed by atoms with Crippen LogP contribution in [0.4, 0.5) is 10.1 Å². The fourth-order valence-corrected chi connectivity index (χ4v) is 1.99. The van der Waals surface area contributed by atoms with E-state index in [1.54, 1.807) is 6.20 Å². The first-order valence-corrected chi connectivity index (χ1v) is 6.46. The molecule has 0 aliphatic heterocycles. The van der Waals surface area contributed by atoms with Crippen LogP contribution in [0.15, 0.2) is 6.20 Å². The molecule has 80 valence electrons. The van der Waals surface area contributed by atoms with Gasteiger partial charge in [0, 0.05) is 6.54 Å². The van der Waals surface area contributed by atoms with Crippen LogP contribution in [0, 0.1) is 0 Å². The molecule has 1 heterocycles. The van der Waals surface area contributed by atoms with Crippen molar-refractivity contribution in [2.24, 2.45) is 5.14 Å². The maximum absolute atomic E-state index is 10.6. The van der Waals surface area contributed by atoms with Crippen LogP contribution >= 0.6 is 11.3 Å². The average molecular weight is 236 g/mol. The molecule has 1 aromatic heterocycles. The zero-order valence-corrected chi connectivity index (χ0v) is 9.07. The molecule has 5 N–H and O–H groups in total. The molecular formula is C6H12N4O2S2. The minimum atomic E-state index is -3.36. The number of nitrogens with zero attached hydrogens (tertiary/aromatic N) is 1. The van der Waals surface area contributed by atoms with E-state index in [0.29, 0.717) is 23.1 Å². The molecule has 0 amide bonds. The summed E-state index contributed by atoms with van der Waals surface area (Å²) in [5, 5.41) is 9.09. The number of anilines is 2. The van der Waals surface area contributed by atoms with E-state index in [4.69, 9.17) is 10.9 Å². The lowest BCUT2D eigenvalue weighted by Gasteiger charge is -2.00. The fraction of sp³-hybridized carbons (Fsp3) is 0.500. The van der Waals surface area contributed by atoms with Crippen LogP contribution in [-0.4, -0.2) is 25.7 Å². The van der Waals surface area contributed by atoms with E-state index >= 15 is 0 Å². The summed E-state index contributed by atoms with van der Waals surface area (Å²) in [5.41, 5.74) is 5.45. The molecule has 0 aliphatic carbocycles. The fourth-order valence-electron chi connectivity index (χ4n) is 0.837. The third-order valence-corrected chi connectivity index (χ3v) is 3.05. The lowest BCUT2D eigenvalue weighted by atomic mass is 10.5. The topological polar surface area (TPSA) is 111 Å². The highest BCUT2D eigenvalue weighted by Crippen LogP contribution is 2.18. The highest BCUT2D eigenvalue weighted by atomic mass is 32.2. The predicted octanol–water partition coefficient (Wildman–Crippen LogP) is -0.184. The molecule has 0 radical (unpaired) electrons. The summed E-state index contributed by atoms with van der Waals surface area (Å²) in [4.78, 5) is 3.95. The van der Waals surface area contributed by atoms with Crippen molar-refractivity contribution in [1.82, 2.24) is 4.98 Å². The van der Waals surface area contributed by atoms with Crippen LogP contribution in [0.1, 0.15) is 6.42 Å². The highest BCUT2D eigenvalue weighted by molar-refractivity contribution is 7.89. The number of hydrogen-bond donors (Lipinski definition) is 3. The standard InChI is InChI=1S/C6H12N4O2S2/c7-5-4-10-6(13-5)9-2-1-3-14(8,11)12/h4H,1-3,7H2,(H,9,10)(H2,8,11,12). The first-order valence-electron chi connectivity index (χ1n) is 3.93. The Labute approximate surface area is 86.4 Å². The molecule has 14 heavy (non-hydrogen) atoms. The number of nitrogens with one attached hydrogen (secondary N) is 1. The van der Waals surface area contributed by atoms with Crippen molar-refractivity contribution in [3.8, 4) is 0 Å². The molecule has 0 bridgehead atoms. The highest BCUT2D eigenvalue weighted by Gasteiger charge is 2.02. The van der Waals surface area contributed by atoms with Crippen molar-refractivity contribution in [3.63, 3.8) is 0 Å². The SMILES string of the molecule is Nc1cnc(NCCCS(N)(=O)=O)s1. The molecule has 0 saturated carbocycles. The number of nitrogens with two attached hydrogens (primary N) is 2. The van der Waals surface area contributed by atoms with Gasteiger partial charge in [0.1, 0.15) is 5.00 Å². The van der Waals surface area contributed by atoms with Gasteiger partial charge >= 0.3 is 0 Å². The Morgan fingerprint density at radius 3 is 2.79 bits per heavy atom. The van der Waals surface area contributed by atoms with Crippen LogP contribution in [-0.2, 0) is 10.0 Å². The van der Waals surface area contributed by atoms with Gasteiger partial charge in [-0.05, 0) is 6.42 Å². The Kier molecular flexibility index (Phi) is 3.67. The summed E-state index contributed by atoms with van der Waals surface area (Å²) >= 11 is 1.32. The van der Waals surface area contributed by atoms with Crippen molar-refractivity contribution >= 4 is 31.5 Å². The van der Waals surface area contributed by atoms with E-state index in [0.717, 1.165) is 0 Å². The quantitative estimate of drug-likeness (QED) is 0.614. The van der Waals surface area contributed by atoms with Gasteiger partial charge in [-0.1, -0.05) is 11.3 Å². The Morgan fingerprint density at radius 1 is 1.57 bits per heavy atom. The van der Waals surface area contributed by atoms with E-state index in [1.807, 2.05) is 0 Å². The number of sulfonamides is 1. The number of primary sulfonamides is 1. The predicted molar refractivity (Wildman–Crippen MR) is 57.6 cm³/mol. The van der Waals surface area contributed by atoms with E-state index in [1.165, 1.54) is 11.3 Å². The largest absolute Gasteiger partial charge is 0.389 e. The van der Waals surface area contributed by atoms with Gasteiger partial charge in [-0.25, -0.2) is 18.5 Å². The monoisotopic (exact) mass is 236 g/mol. The maximum atomic E-state index is 10.6. The van der Waals surface area contributed by atoms with E-state index in [-0.39, 0.29) is 5.75 Å². The number of thiazole rings is 1. The summed E-state index contributed by atoms with van der Waals surface area (Å²) in [6.45, 7) is 0.517. The molecule has 0 aromatic carbocycles. The molecular weight excluding hydrogens is 224 g/mol. The molecule has 1 rings (SSSR count). The second kappa shape index (κ2) is 4.58. The summed E-state index contributed by atoms with van der Waals surface area (Å²) in [6.07, 6.45) is 2.00. The summed E-state index contributed by atoms with van der Waals surface area (Å²) in [6, 6.07) is 0. The van der Waals surface area contributed by atoms with Crippen molar-refractivity contribution in [2.75, 3.05) is 23.3 Å². The number of nitrogen functional groups attached to an aromatic ring is 1. The second-order valence-electron chi connectivity index (χ2n) is 2.72. The Morgan fingerprint density at radius 2 is 2.29 bits per heavy atom. The Bertz CT molecular complexity index is 386. The molecule has 0 spiro atoms. The molecule has 1 aromatic rings. The second-order valence-corrected chi connectivity index (χ2v) is 5.51. The smallest absolute Gasteiger partial charge is 0.209 e. The molecule has 0 unspecified atom stereocenters. The van der Waals surface area contributed by atoms with Gasteiger partial charge < -0.3 is 11.1 Å². The van der Waals surface area contributed by atoms with Crippen LogP contribution in [0.3, 0.4) is 0 Å². The normalized spacial score (nSPS) is 11.5. The molecule has 8 heteroatoms. The first-order chi connectivity index (χ1) is 6.47. The van der Waals surface area contributed by atoms with Crippen molar-refractivity contribution in [1.29, 1.82) is 0 Å². The van der Waals surface area contributed by atoms with Gasteiger partial charge in [-0.15, -0.1) is 0 Å². The van der Waals surface area contributed by atoms with Crippen molar-refractivity contribution in [2.45, 2.75) is 6.42 Å². The van der Waals surface area contributed by atoms with E-state index < -0.39 is 10.0 Å². The summed E-state index contributed by atoms with van der Waals surface area (Å²) in [7, 11) is -3.36. The van der Waals surface area contributed by atoms with Crippen LogP contribution < -0.4 is 16.2 Å². The van der Waals surface area contributed by atoms with Gasteiger partial charge in [0.2, 0.25) is 10.0 Å². The summed E-state index contributed by atoms with van der Waals surface area (Å²) in [5.74, 6) is -0.0269. The van der Waals surface area contributed by atoms with Crippen LogP contribution in [0.25, 0.3) is 0 Å². The van der Waals surface area contributed by atoms with E-state index in [9.17, 15) is 8.42 Å². The third-order valence-electron chi connectivity index (χ3n) is 1.41. The molecule has 0 saturated heterocycles. The molecule has 6 nitrogen and oxygen atoms in total. The Balaban J connectivity index is 2.23. The van der Waals surface area contributed by atoms with Gasteiger partial charge in [0.15, 0.2) is 5.13 Å². The lowest BCUT2D eigenvalue weighted by Crippen LogP contribution is -2.18. The van der Waals surface area contributed by atoms with E-state index in [2.05, 4.69) is 10.3 Å². The van der Waals surface area contributed by atoms with Crippen LogP contribution in [0.5, 0.6) is 0 Å². The van der Waals surface area contributed by atoms with Gasteiger partial charge in [0.25, 0.3) is 0 Å². The van der Waals surface area contributed by atoms with Gasteiger partial charge in [0.05, 0.1) is 11.9 Å². The van der Waals surface area contributed by atoms with Crippen molar-refractivity contribution in [3.05, 3.63) is 6.20 Å². The number of hydrogen-bond acceptors (Lipinski definition) is 6. The number of aromatic nitrogens is 1. The zero-order valence-electron chi connectivity index (χ0n) is 7.43. The molecule has 0 aliphatic rings. The van der Waals surface area contributed by atoms with Crippen LogP contribution in [0.2, 0.25) is 0 Å². The molecule has 0 fully saturated rings. The first kappa shape index (κ1) is 11.2. The zero-order chi connectivity index (χ0) is 10.6. The minimum Gasteiger partial charge on any atom is -0.389 e. The minimum absolute atomic E-state index is 0.0269. The molecule has 0 atom stereocenters. The average Bonchev–Trinajstić information content (AvgIpc) is 2.44. The van der Waals surface area contributed by atoms with Crippen molar-refractivity contribution < 1.29 is 8.42 Å². The summed E-state index contributed by atoms with van der Waals surface area (Å²) < 4.78 is 21.1.